The number of imidazole rings is 1. The zero-order valence-corrected chi connectivity index (χ0v) is 9.55. The van der Waals surface area contributed by atoms with Crippen LogP contribution in [0.15, 0.2) is 30.7 Å². The zero-order valence-electron chi connectivity index (χ0n) is 9.55. The molecule has 3 aromatic rings. The Bertz CT molecular complexity index is 702. The third-order valence-corrected chi connectivity index (χ3v) is 3.16. The Morgan fingerprint density at radius 2 is 2.11 bits per heavy atom. The van der Waals surface area contributed by atoms with Crippen molar-refractivity contribution in [3.63, 3.8) is 0 Å². The third-order valence-electron chi connectivity index (χ3n) is 3.16. The highest BCUT2D eigenvalue weighted by atomic mass is 16.5. The first-order chi connectivity index (χ1) is 8.90. The van der Waals surface area contributed by atoms with Gasteiger partial charge in [0.2, 0.25) is 0 Å². The molecule has 0 atom stereocenters. The molecular formula is C13H10N4O. The van der Waals surface area contributed by atoms with Gasteiger partial charge in [0.1, 0.15) is 17.7 Å². The lowest BCUT2D eigenvalue weighted by atomic mass is 10.1. The van der Waals surface area contributed by atoms with Gasteiger partial charge in [-0.3, -0.25) is 0 Å². The van der Waals surface area contributed by atoms with Crippen LogP contribution < -0.4 is 0 Å². The third kappa shape index (κ3) is 1.41. The van der Waals surface area contributed by atoms with Crippen LogP contribution in [0.4, 0.5) is 0 Å². The molecule has 0 bridgehead atoms. The number of nitrogens with zero attached hydrogens (tertiary/aromatic N) is 3. The fourth-order valence-electron chi connectivity index (χ4n) is 2.22. The first kappa shape index (κ1) is 9.73. The number of H-pyrrole nitrogens is 1. The minimum Gasteiger partial charge on any atom is -0.372 e. The number of nitrogens with one attached hydrogen (secondary N) is 1. The molecule has 0 radical (unpaired) electrons. The smallest absolute Gasteiger partial charge is 0.181 e. The normalized spacial score (nSPS) is 14.0. The average molecular weight is 238 g/mol. The molecule has 0 spiro atoms. The summed E-state index contributed by atoms with van der Waals surface area (Å²) >= 11 is 0. The molecule has 0 unspecified atom stereocenters. The molecule has 18 heavy (non-hydrogen) atoms. The Morgan fingerprint density at radius 3 is 3.06 bits per heavy atom. The molecule has 5 nitrogen and oxygen atoms in total. The molecule has 4 rings (SSSR count). The van der Waals surface area contributed by atoms with E-state index in [4.69, 9.17) is 4.74 Å². The van der Waals surface area contributed by atoms with Gasteiger partial charge in [0.15, 0.2) is 5.65 Å². The van der Waals surface area contributed by atoms with E-state index in [2.05, 4.69) is 38.1 Å². The van der Waals surface area contributed by atoms with Crippen LogP contribution in [0.25, 0.3) is 22.6 Å². The second kappa shape index (κ2) is 3.61. The quantitative estimate of drug-likeness (QED) is 0.704. The molecule has 2 aromatic heterocycles. The lowest BCUT2D eigenvalue weighted by Crippen LogP contribution is -1.86. The molecule has 5 heteroatoms. The van der Waals surface area contributed by atoms with Crippen LogP contribution in [0.2, 0.25) is 0 Å². The van der Waals surface area contributed by atoms with Crippen molar-refractivity contribution in [2.75, 3.05) is 0 Å². The van der Waals surface area contributed by atoms with Crippen molar-refractivity contribution in [1.82, 2.24) is 19.9 Å². The second-order valence-corrected chi connectivity index (χ2v) is 4.32. The average Bonchev–Trinajstić information content (AvgIpc) is 3.04. The molecule has 1 aliphatic heterocycles. The van der Waals surface area contributed by atoms with Crippen molar-refractivity contribution in [3.05, 3.63) is 41.9 Å². The number of hydrogen-bond donors (Lipinski definition) is 1. The largest absolute Gasteiger partial charge is 0.372 e. The van der Waals surface area contributed by atoms with E-state index in [1.807, 2.05) is 0 Å². The van der Waals surface area contributed by atoms with Gasteiger partial charge in [-0.25, -0.2) is 15.0 Å². The van der Waals surface area contributed by atoms with Gasteiger partial charge in [0.05, 0.1) is 19.4 Å². The highest BCUT2D eigenvalue weighted by Gasteiger charge is 2.13. The summed E-state index contributed by atoms with van der Waals surface area (Å²) in [6, 6.07) is 6.27. The summed E-state index contributed by atoms with van der Waals surface area (Å²) in [5.74, 6) is 0.820. The lowest BCUT2D eigenvalue weighted by molar-refractivity contribution is 0.134. The van der Waals surface area contributed by atoms with Crippen molar-refractivity contribution >= 4 is 11.2 Å². The van der Waals surface area contributed by atoms with Crippen LogP contribution in [0, 0.1) is 0 Å². The van der Waals surface area contributed by atoms with Crippen molar-refractivity contribution in [2.24, 2.45) is 0 Å². The van der Waals surface area contributed by atoms with Gasteiger partial charge in [-0.1, -0.05) is 12.1 Å². The van der Waals surface area contributed by atoms with E-state index in [0.717, 1.165) is 16.9 Å². The van der Waals surface area contributed by atoms with Crippen molar-refractivity contribution in [2.45, 2.75) is 13.2 Å². The van der Waals surface area contributed by atoms with Gasteiger partial charge in [-0.15, -0.1) is 0 Å². The maximum Gasteiger partial charge on any atom is 0.181 e. The number of rotatable bonds is 1. The summed E-state index contributed by atoms with van der Waals surface area (Å²) in [5, 5.41) is 0. The van der Waals surface area contributed by atoms with Crippen molar-refractivity contribution < 1.29 is 4.74 Å². The Balaban J connectivity index is 1.86. The SMILES string of the molecule is c1ncc2[nH]c(-c3ccc4c(c3)COC4)nc2n1. The Kier molecular flexibility index (Phi) is 1.95. The van der Waals surface area contributed by atoms with E-state index >= 15 is 0 Å². The first-order valence-electron chi connectivity index (χ1n) is 5.76. The van der Waals surface area contributed by atoms with Crippen LogP contribution in [0.3, 0.4) is 0 Å². The Hall–Kier alpha value is -2.27. The molecule has 1 aromatic carbocycles. The monoisotopic (exact) mass is 238 g/mol. The van der Waals surface area contributed by atoms with Gasteiger partial charge in [0, 0.05) is 5.56 Å². The van der Waals surface area contributed by atoms with E-state index in [1.165, 1.54) is 17.5 Å². The fraction of sp³-hybridized carbons (Fsp3) is 0.154. The number of aromatic nitrogens is 4. The summed E-state index contributed by atoms with van der Waals surface area (Å²) < 4.78 is 5.41. The molecule has 0 aliphatic carbocycles. The predicted octanol–water partition coefficient (Wildman–Crippen LogP) is 2.05. The van der Waals surface area contributed by atoms with Crippen LogP contribution in [-0.2, 0) is 18.0 Å². The van der Waals surface area contributed by atoms with E-state index in [9.17, 15) is 0 Å². The topological polar surface area (TPSA) is 63.7 Å². The van der Waals surface area contributed by atoms with Crippen LogP contribution >= 0.6 is 0 Å². The van der Waals surface area contributed by atoms with Gasteiger partial charge >= 0.3 is 0 Å². The van der Waals surface area contributed by atoms with Gasteiger partial charge in [0.25, 0.3) is 0 Å². The number of benzene rings is 1. The fourth-order valence-corrected chi connectivity index (χ4v) is 2.22. The first-order valence-corrected chi connectivity index (χ1v) is 5.76. The van der Waals surface area contributed by atoms with E-state index in [-0.39, 0.29) is 0 Å². The van der Waals surface area contributed by atoms with E-state index in [1.54, 1.807) is 6.20 Å². The van der Waals surface area contributed by atoms with Crippen molar-refractivity contribution in [3.8, 4) is 11.4 Å². The molecule has 3 heterocycles. The Labute approximate surface area is 103 Å². The molecule has 1 aliphatic rings. The van der Waals surface area contributed by atoms with Gasteiger partial charge < -0.3 is 9.72 Å². The summed E-state index contributed by atoms with van der Waals surface area (Å²) in [6.45, 7) is 1.39. The summed E-state index contributed by atoms with van der Waals surface area (Å²) in [7, 11) is 0. The minimum absolute atomic E-state index is 0.684. The number of ether oxygens (including phenoxy) is 1. The standard InChI is InChI=1S/C13H10N4O/c1-2-9-5-18-6-10(9)3-8(1)12-16-11-4-14-7-15-13(11)17-12/h1-4,7H,5-6H2,(H,14,15,16,17). The zero-order chi connectivity index (χ0) is 11.9. The van der Waals surface area contributed by atoms with E-state index < -0.39 is 0 Å². The predicted molar refractivity (Wildman–Crippen MR) is 65.6 cm³/mol. The minimum atomic E-state index is 0.684. The number of hydrogen-bond acceptors (Lipinski definition) is 4. The summed E-state index contributed by atoms with van der Waals surface area (Å²) in [6.07, 6.45) is 3.23. The highest BCUT2D eigenvalue weighted by Crippen LogP contribution is 2.26. The second-order valence-electron chi connectivity index (χ2n) is 4.32. The summed E-state index contributed by atoms with van der Waals surface area (Å²) in [5.41, 5.74) is 5.09. The maximum absolute atomic E-state index is 5.41. The Morgan fingerprint density at radius 1 is 1.17 bits per heavy atom. The maximum atomic E-state index is 5.41. The van der Waals surface area contributed by atoms with Crippen LogP contribution in [-0.4, -0.2) is 19.9 Å². The van der Waals surface area contributed by atoms with Crippen LogP contribution in [0.1, 0.15) is 11.1 Å². The van der Waals surface area contributed by atoms with Crippen LogP contribution in [0.5, 0.6) is 0 Å². The molecule has 0 fully saturated rings. The van der Waals surface area contributed by atoms with Gasteiger partial charge in [-0.05, 0) is 17.2 Å². The molecule has 0 saturated heterocycles. The molecule has 0 amide bonds. The number of aromatic amines is 1. The summed E-state index contributed by atoms with van der Waals surface area (Å²) in [4.78, 5) is 15.8. The lowest BCUT2D eigenvalue weighted by Gasteiger charge is -2.00. The number of fused-ring (bicyclic) bond motifs is 2. The molecule has 88 valence electrons. The van der Waals surface area contributed by atoms with Gasteiger partial charge in [-0.2, -0.15) is 0 Å². The highest BCUT2D eigenvalue weighted by molar-refractivity contribution is 5.75. The molecule has 1 N–H and O–H groups in total. The van der Waals surface area contributed by atoms with E-state index in [0.29, 0.717) is 18.9 Å². The molecule has 0 saturated carbocycles. The molecular weight excluding hydrogens is 228 g/mol. The van der Waals surface area contributed by atoms with Crippen molar-refractivity contribution in [1.29, 1.82) is 0 Å².